The van der Waals surface area contributed by atoms with Gasteiger partial charge in [-0.3, -0.25) is 9.48 Å². The molecule has 2 fully saturated rings. The van der Waals surface area contributed by atoms with Gasteiger partial charge in [-0.05, 0) is 49.9 Å². The van der Waals surface area contributed by atoms with Gasteiger partial charge >= 0.3 is 0 Å². The van der Waals surface area contributed by atoms with Gasteiger partial charge in [0.15, 0.2) is 0 Å². The zero-order valence-corrected chi connectivity index (χ0v) is 16.4. The van der Waals surface area contributed by atoms with Gasteiger partial charge in [-0.2, -0.15) is 9.40 Å². The van der Waals surface area contributed by atoms with Crippen molar-refractivity contribution in [2.24, 2.45) is 0 Å². The standard InChI is InChI=1S/C19H24N4O4S/c24-19(21-16-13-20-23(14-16)17-7-11-27-12-8-17)15-3-5-18(6-4-15)28(25,26)22-9-1-2-10-22/h3-6,13-14,17H,1-2,7-12H2,(H,21,24). The fourth-order valence-corrected chi connectivity index (χ4v) is 5.13. The minimum Gasteiger partial charge on any atom is -0.381 e. The van der Waals surface area contributed by atoms with Crippen LogP contribution in [0.4, 0.5) is 5.69 Å². The molecule has 0 unspecified atom stereocenters. The molecule has 4 rings (SSSR count). The van der Waals surface area contributed by atoms with Gasteiger partial charge in [0.05, 0.1) is 22.8 Å². The Hall–Kier alpha value is -2.23. The third kappa shape index (κ3) is 3.96. The number of aromatic nitrogens is 2. The number of sulfonamides is 1. The minimum absolute atomic E-state index is 0.221. The van der Waals surface area contributed by atoms with Gasteiger partial charge in [-0.1, -0.05) is 0 Å². The average Bonchev–Trinajstić information content (AvgIpc) is 3.41. The summed E-state index contributed by atoms with van der Waals surface area (Å²) in [7, 11) is -3.47. The van der Waals surface area contributed by atoms with Crippen LogP contribution in [0.5, 0.6) is 0 Å². The number of hydrogen-bond donors (Lipinski definition) is 1. The summed E-state index contributed by atoms with van der Waals surface area (Å²) in [6.07, 6.45) is 7.03. The van der Waals surface area contributed by atoms with Crippen molar-refractivity contribution in [3.8, 4) is 0 Å². The van der Waals surface area contributed by atoms with Crippen LogP contribution in [-0.2, 0) is 14.8 Å². The number of carbonyl (C=O) groups excluding carboxylic acids is 1. The predicted molar refractivity (Wildman–Crippen MR) is 104 cm³/mol. The van der Waals surface area contributed by atoms with Gasteiger partial charge in [0, 0.05) is 38.1 Å². The molecule has 0 bridgehead atoms. The number of carbonyl (C=O) groups is 1. The third-order valence-electron chi connectivity index (χ3n) is 5.24. The van der Waals surface area contributed by atoms with Gasteiger partial charge < -0.3 is 10.1 Å². The Kier molecular flexibility index (Phi) is 5.47. The maximum atomic E-state index is 12.6. The monoisotopic (exact) mass is 404 g/mol. The largest absolute Gasteiger partial charge is 0.381 e. The fourth-order valence-electron chi connectivity index (χ4n) is 3.61. The molecule has 1 aromatic heterocycles. The SMILES string of the molecule is O=C(Nc1cnn(C2CCOCC2)c1)c1ccc(S(=O)(=O)N2CCCC2)cc1. The molecule has 1 amide bonds. The van der Waals surface area contributed by atoms with E-state index in [1.165, 1.54) is 16.4 Å². The lowest BCUT2D eigenvalue weighted by atomic mass is 10.1. The number of nitrogens with zero attached hydrogens (tertiary/aromatic N) is 3. The van der Waals surface area contributed by atoms with Gasteiger partial charge in [0.1, 0.15) is 0 Å². The van der Waals surface area contributed by atoms with Gasteiger partial charge in [0.25, 0.3) is 5.91 Å². The van der Waals surface area contributed by atoms with Crippen molar-refractivity contribution in [2.45, 2.75) is 36.6 Å². The molecule has 2 aromatic rings. The summed E-state index contributed by atoms with van der Waals surface area (Å²) in [5.41, 5.74) is 1.02. The average molecular weight is 404 g/mol. The molecule has 2 aliphatic rings. The summed E-state index contributed by atoms with van der Waals surface area (Å²) in [4.78, 5) is 12.7. The van der Waals surface area contributed by atoms with E-state index in [4.69, 9.17) is 4.74 Å². The molecule has 1 N–H and O–H groups in total. The van der Waals surface area contributed by atoms with Crippen LogP contribution in [0.25, 0.3) is 0 Å². The van der Waals surface area contributed by atoms with Crippen LogP contribution in [0.15, 0.2) is 41.6 Å². The molecule has 9 heteroatoms. The molecule has 0 spiro atoms. The van der Waals surface area contributed by atoms with Crippen molar-refractivity contribution in [3.05, 3.63) is 42.2 Å². The Morgan fingerprint density at radius 1 is 1.11 bits per heavy atom. The van der Waals surface area contributed by atoms with E-state index in [2.05, 4.69) is 10.4 Å². The number of rotatable bonds is 5. The van der Waals surface area contributed by atoms with E-state index in [1.807, 2.05) is 10.9 Å². The quantitative estimate of drug-likeness (QED) is 0.825. The molecular weight excluding hydrogens is 380 g/mol. The fraction of sp³-hybridized carbons (Fsp3) is 0.474. The van der Waals surface area contributed by atoms with Crippen molar-refractivity contribution in [1.82, 2.24) is 14.1 Å². The number of benzene rings is 1. The lowest BCUT2D eigenvalue weighted by molar-refractivity contribution is 0.0662. The first kappa shape index (κ1) is 19.1. The second-order valence-corrected chi connectivity index (χ2v) is 9.08. The Morgan fingerprint density at radius 2 is 1.79 bits per heavy atom. The summed E-state index contributed by atoms with van der Waals surface area (Å²) in [5.74, 6) is -0.295. The Labute approximate surface area is 164 Å². The molecule has 0 aliphatic carbocycles. The molecule has 1 aromatic carbocycles. The van der Waals surface area contributed by atoms with Crippen LogP contribution in [0.2, 0.25) is 0 Å². The number of ether oxygens (including phenoxy) is 1. The zero-order chi connectivity index (χ0) is 19.6. The van der Waals surface area contributed by atoms with Gasteiger partial charge in [-0.25, -0.2) is 8.42 Å². The van der Waals surface area contributed by atoms with Crippen LogP contribution < -0.4 is 5.32 Å². The highest BCUT2D eigenvalue weighted by Crippen LogP contribution is 2.23. The second kappa shape index (κ2) is 8.02. The normalized spacial score (nSPS) is 19.0. The maximum absolute atomic E-state index is 12.6. The molecule has 0 saturated carbocycles. The molecule has 2 saturated heterocycles. The van der Waals surface area contributed by atoms with E-state index < -0.39 is 10.0 Å². The molecule has 8 nitrogen and oxygen atoms in total. The number of nitrogens with one attached hydrogen (secondary N) is 1. The first-order chi connectivity index (χ1) is 13.5. The minimum atomic E-state index is -3.47. The number of amides is 1. The lowest BCUT2D eigenvalue weighted by Crippen LogP contribution is -2.27. The van der Waals surface area contributed by atoms with E-state index in [1.54, 1.807) is 18.3 Å². The van der Waals surface area contributed by atoms with Crippen LogP contribution >= 0.6 is 0 Å². The van der Waals surface area contributed by atoms with Gasteiger partial charge in [-0.15, -0.1) is 0 Å². The Balaban J connectivity index is 1.42. The Bertz CT molecular complexity index is 927. The zero-order valence-electron chi connectivity index (χ0n) is 15.6. The number of hydrogen-bond acceptors (Lipinski definition) is 5. The second-order valence-electron chi connectivity index (χ2n) is 7.14. The van der Waals surface area contributed by atoms with E-state index in [9.17, 15) is 13.2 Å². The van der Waals surface area contributed by atoms with Crippen molar-refractivity contribution in [2.75, 3.05) is 31.6 Å². The smallest absolute Gasteiger partial charge is 0.255 e. The predicted octanol–water partition coefficient (Wildman–Crippen LogP) is 2.27. The van der Waals surface area contributed by atoms with Gasteiger partial charge in [0.2, 0.25) is 10.0 Å². The topological polar surface area (TPSA) is 93.5 Å². The molecule has 28 heavy (non-hydrogen) atoms. The van der Waals surface area contributed by atoms with Crippen LogP contribution in [0.1, 0.15) is 42.1 Å². The van der Waals surface area contributed by atoms with Crippen molar-refractivity contribution >= 4 is 21.6 Å². The first-order valence-corrected chi connectivity index (χ1v) is 11.0. The molecule has 150 valence electrons. The van der Waals surface area contributed by atoms with Crippen molar-refractivity contribution in [1.29, 1.82) is 0 Å². The summed E-state index contributed by atoms with van der Waals surface area (Å²) in [5, 5.41) is 7.16. The van der Waals surface area contributed by atoms with Crippen molar-refractivity contribution < 1.29 is 17.9 Å². The van der Waals surface area contributed by atoms with Crippen LogP contribution in [0, 0.1) is 0 Å². The van der Waals surface area contributed by atoms with Crippen molar-refractivity contribution in [3.63, 3.8) is 0 Å². The molecular formula is C19H24N4O4S. The van der Waals surface area contributed by atoms with Crippen LogP contribution in [-0.4, -0.2) is 54.7 Å². The van der Waals surface area contributed by atoms with Crippen LogP contribution in [0.3, 0.4) is 0 Å². The molecule has 2 aliphatic heterocycles. The number of anilines is 1. The van der Waals surface area contributed by atoms with E-state index in [0.29, 0.717) is 24.3 Å². The summed E-state index contributed by atoms with van der Waals surface area (Å²) in [6, 6.07) is 6.36. The molecule has 3 heterocycles. The highest BCUT2D eigenvalue weighted by atomic mass is 32.2. The third-order valence-corrected chi connectivity index (χ3v) is 7.16. The highest BCUT2D eigenvalue weighted by Gasteiger charge is 2.27. The molecule has 0 atom stereocenters. The van der Waals surface area contributed by atoms with E-state index in [-0.39, 0.29) is 16.8 Å². The molecule has 0 radical (unpaired) electrons. The lowest BCUT2D eigenvalue weighted by Gasteiger charge is -2.22. The highest BCUT2D eigenvalue weighted by molar-refractivity contribution is 7.89. The first-order valence-electron chi connectivity index (χ1n) is 9.57. The Morgan fingerprint density at radius 3 is 2.46 bits per heavy atom. The van der Waals surface area contributed by atoms with E-state index in [0.717, 1.165) is 38.9 Å². The summed E-state index contributed by atoms with van der Waals surface area (Å²) in [6.45, 7) is 2.56. The summed E-state index contributed by atoms with van der Waals surface area (Å²) >= 11 is 0. The maximum Gasteiger partial charge on any atom is 0.255 e. The summed E-state index contributed by atoms with van der Waals surface area (Å²) < 4.78 is 33.8. The van der Waals surface area contributed by atoms with E-state index >= 15 is 0 Å².